The zero-order chi connectivity index (χ0) is 19.4. The number of carbonyl (C=O) groups excluding carboxylic acids is 1. The maximum Gasteiger partial charge on any atom is 0.289 e. The van der Waals surface area contributed by atoms with Gasteiger partial charge in [-0.15, -0.1) is 0 Å². The molecule has 0 radical (unpaired) electrons. The molecule has 8 nitrogen and oxygen atoms in total. The predicted molar refractivity (Wildman–Crippen MR) is 101 cm³/mol. The highest BCUT2D eigenvalue weighted by Gasteiger charge is 2.23. The standard InChI is InChI=1S/C18H18ClN3O5/c1-21(9-13-11-26-16-4-2-3-5-17(16)27-13)10-18(23)20-12-6-7-14(19)15(8-12)22(24)25/h2-8,13H,9-11H2,1H3,(H,20,23). The highest BCUT2D eigenvalue weighted by molar-refractivity contribution is 6.32. The van der Waals surface area contributed by atoms with Crippen LogP contribution >= 0.6 is 11.6 Å². The molecule has 1 amide bonds. The smallest absolute Gasteiger partial charge is 0.289 e. The molecule has 2 aromatic carbocycles. The lowest BCUT2D eigenvalue weighted by Crippen LogP contribution is -2.42. The summed E-state index contributed by atoms with van der Waals surface area (Å²) in [5.74, 6) is 1.09. The van der Waals surface area contributed by atoms with Crippen LogP contribution in [0.3, 0.4) is 0 Å². The first-order chi connectivity index (χ1) is 12.9. The van der Waals surface area contributed by atoms with E-state index in [0.717, 1.165) is 0 Å². The maximum atomic E-state index is 12.2. The second-order valence-electron chi connectivity index (χ2n) is 6.17. The number of nitrogens with zero attached hydrogens (tertiary/aromatic N) is 2. The largest absolute Gasteiger partial charge is 0.486 e. The van der Waals surface area contributed by atoms with Gasteiger partial charge in [0.25, 0.3) is 5.69 Å². The second-order valence-corrected chi connectivity index (χ2v) is 6.57. The molecular formula is C18H18ClN3O5. The van der Waals surface area contributed by atoms with Gasteiger partial charge in [-0.1, -0.05) is 23.7 Å². The molecule has 0 fully saturated rings. The van der Waals surface area contributed by atoms with Crippen molar-refractivity contribution in [1.82, 2.24) is 4.90 Å². The predicted octanol–water partition coefficient (Wildman–Crippen LogP) is 2.96. The lowest BCUT2D eigenvalue weighted by atomic mass is 10.2. The maximum absolute atomic E-state index is 12.2. The van der Waals surface area contributed by atoms with E-state index in [1.54, 1.807) is 11.9 Å². The minimum atomic E-state index is -0.595. The Bertz CT molecular complexity index is 861. The Kier molecular flexibility index (Phi) is 5.78. The number of benzene rings is 2. The Balaban J connectivity index is 1.53. The minimum absolute atomic E-state index is 0.0184. The number of amides is 1. The Labute approximate surface area is 160 Å². The first kappa shape index (κ1) is 18.9. The first-order valence-corrected chi connectivity index (χ1v) is 8.61. The molecule has 9 heteroatoms. The fourth-order valence-electron chi connectivity index (χ4n) is 2.74. The van der Waals surface area contributed by atoms with Gasteiger partial charge in [0.1, 0.15) is 17.7 Å². The van der Waals surface area contributed by atoms with Crippen LogP contribution in [0, 0.1) is 10.1 Å². The number of likely N-dealkylation sites (N-methyl/N-ethyl adjacent to an activating group) is 1. The molecule has 0 saturated carbocycles. The van der Waals surface area contributed by atoms with Crippen LogP contribution in [0.4, 0.5) is 11.4 Å². The highest BCUT2D eigenvalue weighted by atomic mass is 35.5. The van der Waals surface area contributed by atoms with Gasteiger partial charge in [-0.2, -0.15) is 0 Å². The summed E-state index contributed by atoms with van der Waals surface area (Å²) in [5.41, 5.74) is 0.0601. The van der Waals surface area contributed by atoms with Gasteiger partial charge in [-0.3, -0.25) is 19.8 Å². The Hall–Kier alpha value is -2.84. The van der Waals surface area contributed by atoms with Gasteiger partial charge in [0.05, 0.1) is 11.5 Å². The summed E-state index contributed by atoms with van der Waals surface area (Å²) in [6.07, 6.45) is -0.200. The van der Waals surface area contributed by atoms with E-state index in [1.165, 1.54) is 18.2 Å². The number of anilines is 1. The number of nitro benzene ring substituents is 1. The van der Waals surface area contributed by atoms with E-state index in [0.29, 0.717) is 30.3 Å². The van der Waals surface area contributed by atoms with Crippen LogP contribution in [-0.4, -0.2) is 48.6 Å². The van der Waals surface area contributed by atoms with Crippen LogP contribution in [0.5, 0.6) is 11.5 Å². The number of hydrogen-bond acceptors (Lipinski definition) is 6. The summed E-state index contributed by atoms with van der Waals surface area (Å²) in [7, 11) is 1.79. The molecule has 1 aliphatic heterocycles. The number of ether oxygens (including phenoxy) is 2. The van der Waals surface area contributed by atoms with Crippen LogP contribution in [0.1, 0.15) is 0 Å². The summed E-state index contributed by atoms with van der Waals surface area (Å²) < 4.78 is 11.5. The summed E-state index contributed by atoms with van der Waals surface area (Å²) in [6.45, 7) is 0.979. The van der Waals surface area contributed by atoms with Crippen LogP contribution in [0.15, 0.2) is 42.5 Å². The Morgan fingerprint density at radius 2 is 2.07 bits per heavy atom. The van der Waals surface area contributed by atoms with E-state index in [9.17, 15) is 14.9 Å². The number of hydrogen-bond donors (Lipinski definition) is 1. The molecule has 3 rings (SSSR count). The molecule has 0 aromatic heterocycles. The fraction of sp³-hybridized carbons (Fsp3) is 0.278. The third-order valence-electron chi connectivity index (χ3n) is 3.92. The number of carbonyl (C=O) groups is 1. The van der Waals surface area contributed by atoms with E-state index in [2.05, 4.69) is 5.32 Å². The average Bonchev–Trinajstić information content (AvgIpc) is 2.62. The second kappa shape index (κ2) is 8.24. The van der Waals surface area contributed by atoms with Gasteiger partial charge in [0.15, 0.2) is 11.5 Å². The van der Waals surface area contributed by atoms with Gasteiger partial charge in [-0.25, -0.2) is 0 Å². The molecule has 27 heavy (non-hydrogen) atoms. The zero-order valence-electron chi connectivity index (χ0n) is 14.6. The fourth-order valence-corrected chi connectivity index (χ4v) is 2.93. The number of nitro groups is 1. The molecule has 1 unspecified atom stereocenters. The van der Waals surface area contributed by atoms with Crippen LogP contribution < -0.4 is 14.8 Å². The first-order valence-electron chi connectivity index (χ1n) is 8.23. The quantitative estimate of drug-likeness (QED) is 0.601. The number of rotatable bonds is 6. The number of halogens is 1. The van der Waals surface area contributed by atoms with Crippen LogP contribution in [0.2, 0.25) is 5.02 Å². The average molecular weight is 392 g/mol. The van der Waals surface area contributed by atoms with Crippen molar-refractivity contribution in [1.29, 1.82) is 0 Å². The lowest BCUT2D eigenvalue weighted by molar-refractivity contribution is -0.384. The third kappa shape index (κ3) is 4.87. The van der Waals surface area contributed by atoms with E-state index in [-0.39, 0.29) is 29.3 Å². The monoisotopic (exact) mass is 391 g/mol. The summed E-state index contributed by atoms with van der Waals surface area (Å²) in [6, 6.07) is 11.5. The van der Waals surface area contributed by atoms with Crippen molar-refractivity contribution in [2.24, 2.45) is 0 Å². The van der Waals surface area contributed by atoms with E-state index in [4.69, 9.17) is 21.1 Å². The van der Waals surface area contributed by atoms with Gasteiger partial charge in [0, 0.05) is 18.3 Å². The lowest BCUT2D eigenvalue weighted by Gasteiger charge is -2.29. The van der Waals surface area contributed by atoms with Crippen LogP contribution in [0.25, 0.3) is 0 Å². The van der Waals surface area contributed by atoms with Gasteiger partial charge in [-0.05, 0) is 31.3 Å². The van der Waals surface area contributed by atoms with E-state index < -0.39 is 4.92 Å². The van der Waals surface area contributed by atoms with Crippen molar-refractivity contribution in [2.45, 2.75) is 6.10 Å². The Morgan fingerprint density at radius 3 is 2.81 bits per heavy atom. The van der Waals surface area contributed by atoms with Gasteiger partial charge >= 0.3 is 0 Å². The van der Waals surface area contributed by atoms with Crippen molar-refractivity contribution in [2.75, 3.05) is 32.1 Å². The topological polar surface area (TPSA) is 93.9 Å². The highest BCUT2D eigenvalue weighted by Crippen LogP contribution is 2.31. The van der Waals surface area contributed by atoms with E-state index >= 15 is 0 Å². The number of para-hydroxylation sites is 2. The van der Waals surface area contributed by atoms with Crippen molar-refractivity contribution < 1.29 is 19.2 Å². The molecule has 0 bridgehead atoms. The summed E-state index contributed by atoms with van der Waals surface area (Å²) >= 11 is 5.77. The molecule has 0 aliphatic carbocycles. The summed E-state index contributed by atoms with van der Waals surface area (Å²) in [4.78, 5) is 24.3. The molecule has 0 spiro atoms. The number of fused-ring (bicyclic) bond motifs is 1. The Morgan fingerprint density at radius 1 is 1.33 bits per heavy atom. The third-order valence-corrected chi connectivity index (χ3v) is 4.24. The molecule has 1 N–H and O–H groups in total. The molecule has 0 saturated heterocycles. The summed E-state index contributed by atoms with van der Waals surface area (Å²) in [5, 5.41) is 13.6. The van der Waals surface area contributed by atoms with Crippen molar-refractivity contribution >= 4 is 28.9 Å². The van der Waals surface area contributed by atoms with Crippen molar-refractivity contribution in [3.05, 3.63) is 57.6 Å². The zero-order valence-corrected chi connectivity index (χ0v) is 15.3. The number of nitrogens with one attached hydrogen (secondary N) is 1. The molecule has 142 valence electrons. The molecular weight excluding hydrogens is 374 g/mol. The van der Waals surface area contributed by atoms with Gasteiger partial charge < -0.3 is 14.8 Å². The normalized spacial score (nSPS) is 15.4. The SMILES string of the molecule is CN(CC(=O)Nc1ccc(Cl)c([N+](=O)[O-])c1)CC1COc2ccccc2O1. The molecule has 1 aliphatic rings. The van der Waals surface area contributed by atoms with Crippen molar-refractivity contribution in [3.8, 4) is 11.5 Å². The van der Waals surface area contributed by atoms with Crippen LogP contribution in [-0.2, 0) is 4.79 Å². The van der Waals surface area contributed by atoms with Gasteiger partial charge in [0.2, 0.25) is 5.91 Å². The molecule has 1 heterocycles. The van der Waals surface area contributed by atoms with Crippen molar-refractivity contribution in [3.63, 3.8) is 0 Å². The molecule has 1 atom stereocenters. The van der Waals surface area contributed by atoms with E-state index in [1.807, 2.05) is 24.3 Å². The molecule has 2 aromatic rings. The minimum Gasteiger partial charge on any atom is -0.486 e.